The molecule has 0 saturated carbocycles. The molecular weight excluding hydrogens is 451 g/mol. The quantitative estimate of drug-likeness (QED) is 0.395. The molecule has 0 bridgehead atoms. The van der Waals surface area contributed by atoms with E-state index in [1.807, 2.05) is 41.2 Å². The fourth-order valence-electron chi connectivity index (χ4n) is 4.05. The highest BCUT2D eigenvalue weighted by molar-refractivity contribution is 7.07. The third-order valence-electron chi connectivity index (χ3n) is 5.72. The SMILES string of the molecule is FC(F)(F)c1nc(OC2CCN(Cc3cscn3)CC2)c2ccn(Cc3ccccc3)c2n1. The Morgan fingerprint density at radius 2 is 1.82 bits per heavy atom. The molecule has 1 fully saturated rings. The molecule has 1 aromatic carbocycles. The lowest BCUT2D eigenvalue weighted by Crippen LogP contribution is -2.38. The number of hydrogen-bond donors (Lipinski definition) is 0. The van der Waals surface area contributed by atoms with Crippen LogP contribution < -0.4 is 4.74 Å². The third kappa shape index (κ3) is 5.01. The summed E-state index contributed by atoms with van der Waals surface area (Å²) in [6, 6.07) is 11.3. The molecule has 1 saturated heterocycles. The Hall–Kier alpha value is -2.98. The van der Waals surface area contributed by atoms with Crippen molar-refractivity contribution in [3.05, 3.63) is 70.6 Å². The number of fused-ring (bicyclic) bond motifs is 1. The van der Waals surface area contributed by atoms with Gasteiger partial charge in [-0.25, -0.2) is 9.97 Å². The number of piperidine rings is 1. The van der Waals surface area contributed by atoms with Crippen molar-refractivity contribution >= 4 is 22.4 Å². The van der Waals surface area contributed by atoms with E-state index in [0.717, 1.165) is 30.9 Å². The predicted molar refractivity (Wildman–Crippen MR) is 119 cm³/mol. The largest absolute Gasteiger partial charge is 0.474 e. The summed E-state index contributed by atoms with van der Waals surface area (Å²) in [6.07, 6.45) is -1.71. The van der Waals surface area contributed by atoms with Crippen LogP contribution in [0, 0.1) is 0 Å². The lowest BCUT2D eigenvalue weighted by molar-refractivity contribution is -0.145. The van der Waals surface area contributed by atoms with Gasteiger partial charge in [0.1, 0.15) is 11.8 Å². The molecule has 1 aliphatic heterocycles. The van der Waals surface area contributed by atoms with Crippen molar-refractivity contribution in [3.63, 3.8) is 0 Å². The van der Waals surface area contributed by atoms with Gasteiger partial charge in [0.05, 0.1) is 16.6 Å². The first-order chi connectivity index (χ1) is 16.0. The Labute approximate surface area is 192 Å². The van der Waals surface area contributed by atoms with Crippen molar-refractivity contribution < 1.29 is 17.9 Å². The van der Waals surface area contributed by atoms with Gasteiger partial charge < -0.3 is 9.30 Å². The molecular formula is C23H22F3N5OS. The maximum absolute atomic E-state index is 13.6. The first kappa shape index (κ1) is 21.8. The summed E-state index contributed by atoms with van der Waals surface area (Å²) in [5.74, 6) is -1.18. The normalized spacial score (nSPS) is 15.8. The minimum Gasteiger partial charge on any atom is -0.474 e. The number of benzene rings is 1. The molecule has 0 aliphatic carbocycles. The maximum atomic E-state index is 13.6. The molecule has 6 nitrogen and oxygen atoms in total. The molecule has 4 aromatic rings. The second-order valence-electron chi connectivity index (χ2n) is 8.09. The fourth-order valence-corrected chi connectivity index (χ4v) is 4.60. The topological polar surface area (TPSA) is 56.1 Å². The standard InChI is InChI=1S/C23H22F3N5OS/c24-23(25,26)22-28-20-19(8-11-31(20)12-16-4-2-1-3-5-16)21(29-22)32-18-6-9-30(10-7-18)13-17-14-33-15-27-17/h1-5,8,11,14-15,18H,6-7,9-10,12-13H2. The summed E-state index contributed by atoms with van der Waals surface area (Å²) in [5.41, 5.74) is 4.04. The van der Waals surface area contributed by atoms with Crippen LogP contribution in [0.2, 0.25) is 0 Å². The molecule has 0 N–H and O–H groups in total. The van der Waals surface area contributed by atoms with Gasteiger partial charge in [0.2, 0.25) is 11.7 Å². The lowest BCUT2D eigenvalue weighted by atomic mass is 10.1. The Morgan fingerprint density at radius 1 is 1.03 bits per heavy atom. The monoisotopic (exact) mass is 473 g/mol. The Bertz CT molecular complexity index is 1200. The summed E-state index contributed by atoms with van der Waals surface area (Å²) >= 11 is 1.57. The van der Waals surface area contributed by atoms with E-state index in [1.54, 1.807) is 28.2 Å². The maximum Gasteiger partial charge on any atom is 0.451 e. The van der Waals surface area contributed by atoms with Gasteiger partial charge in [-0.3, -0.25) is 4.90 Å². The van der Waals surface area contributed by atoms with Crippen LogP contribution in [0.4, 0.5) is 13.2 Å². The number of hydrogen-bond acceptors (Lipinski definition) is 6. The van der Waals surface area contributed by atoms with Crippen LogP contribution in [-0.4, -0.2) is 43.6 Å². The first-order valence-electron chi connectivity index (χ1n) is 10.7. The third-order valence-corrected chi connectivity index (χ3v) is 6.35. The van der Waals surface area contributed by atoms with Crippen LogP contribution in [0.3, 0.4) is 0 Å². The van der Waals surface area contributed by atoms with Crippen LogP contribution in [0.25, 0.3) is 11.0 Å². The summed E-state index contributed by atoms with van der Waals surface area (Å²) in [4.78, 5) is 14.2. The van der Waals surface area contributed by atoms with Gasteiger partial charge in [-0.15, -0.1) is 11.3 Å². The molecule has 172 valence electrons. The number of ether oxygens (including phenoxy) is 1. The van der Waals surface area contributed by atoms with Crippen LogP contribution in [0.5, 0.6) is 5.88 Å². The van der Waals surface area contributed by atoms with E-state index < -0.39 is 12.0 Å². The van der Waals surface area contributed by atoms with E-state index in [9.17, 15) is 13.2 Å². The van der Waals surface area contributed by atoms with Gasteiger partial charge >= 0.3 is 6.18 Å². The van der Waals surface area contributed by atoms with Crippen molar-refractivity contribution in [2.24, 2.45) is 0 Å². The summed E-state index contributed by atoms with van der Waals surface area (Å²) in [5, 5.41) is 2.52. The minimum absolute atomic E-state index is 0.00270. The zero-order chi connectivity index (χ0) is 22.8. The summed E-state index contributed by atoms with van der Waals surface area (Å²) < 4.78 is 48.5. The van der Waals surface area contributed by atoms with Crippen LogP contribution in [0.1, 0.15) is 29.9 Å². The number of halogens is 3. The highest BCUT2D eigenvalue weighted by atomic mass is 32.1. The number of rotatable bonds is 6. The van der Waals surface area contributed by atoms with Gasteiger partial charge in [0.25, 0.3) is 0 Å². The highest BCUT2D eigenvalue weighted by Crippen LogP contribution is 2.33. The molecule has 0 amide bonds. The number of thiazole rings is 1. The molecule has 3 aromatic heterocycles. The highest BCUT2D eigenvalue weighted by Gasteiger charge is 2.37. The van der Waals surface area contributed by atoms with Gasteiger partial charge in [0, 0.05) is 37.8 Å². The first-order valence-corrected chi connectivity index (χ1v) is 11.6. The van der Waals surface area contributed by atoms with Gasteiger partial charge in [-0.1, -0.05) is 30.3 Å². The van der Waals surface area contributed by atoms with Crippen LogP contribution in [0.15, 0.2) is 53.5 Å². The van der Waals surface area contributed by atoms with Crippen molar-refractivity contribution in [1.29, 1.82) is 0 Å². The molecule has 0 spiro atoms. The average molecular weight is 474 g/mol. The smallest absolute Gasteiger partial charge is 0.451 e. The van der Waals surface area contributed by atoms with Crippen molar-refractivity contribution in [3.8, 4) is 5.88 Å². The second kappa shape index (κ2) is 9.11. The molecule has 0 unspecified atom stereocenters. The van der Waals surface area contributed by atoms with E-state index in [0.29, 0.717) is 24.8 Å². The molecule has 5 rings (SSSR count). The lowest BCUT2D eigenvalue weighted by Gasteiger charge is -2.31. The number of likely N-dealkylation sites (tertiary alicyclic amines) is 1. The molecule has 0 radical (unpaired) electrons. The van der Waals surface area contributed by atoms with Crippen LogP contribution in [-0.2, 0) is 19.3 Å². The summed E-state index contributed by atoms with van der Waals surface area (Å²) in [6.45, 7) is 2.76. The van der Waals surface area contributed by atoms with E-state index in [-0.39, 0.29) is 17.6 Å². The Kier molecular flexibility index (Phi) is 6.03. The Morgan fingerprint density at radius 3 is 2.52 bits per heavy atom. The van der Waals surface area contributed by atoms with Crippen molar-refractivity contribution in [1.82, 2.24) is 24.4 Å². The van der Waals surface area contributed by atoms with Crippen LogP contribution >= 0.6 is 11.3 Å². The molecule has 33 heavy (non-hydrogen) atoms. The number of aromatic nitrogens is 4. The molecule has 0 atom stereocenters. The number of alkyl halides is 3. The zero-order valence-electron chi connectivity index (χ0n) is 17.7. The van der Waals surface area contributed by atoms with Gasteiger partial charge in [-0.05, 0) is 24.5 Å². The van der Waals surface area contributed by atoms with E-state index >= 15 is 0 Å². The van der Waals surface area contributed by atoms with Gasteiger partial charge in [-0.2, -0.15) is 18.2 Å². The zero-order valence-corrected chi connectivity index (χ0v) is 18.5. The predicted octanol–water partition coefficient (Wildman–Crippen LogP) is 5.00. The van der Waals surface area contributed by atoms with Gasteiger partial charge in [0.15, 0.2) is 0 Å². The average Bonchev–Trinajstić information content (AvgIpc) is 3.46. The van der Waals surface area contributed by atoms with E-state index in [1.165, 1.54) is 0 Å². The molecule has 10 heteroatoms. The van der Waals surface area contributed by atoms with E-state index in [2.05, 4.69) is 19.9 Å². The second-order valence-corrected chi connectivity index (χ2v) is 8.81. The Balaban J connectivity index is 1.37. The van der Waals surface area contributed by atoms with Crippen molar-refractivity contribution in [2.45, 2.75) is 38.2 Å². The van der Waals surface area contributed by atoms with Crippen molar-refractivity contribution in [2.75, 3.05) is 13.1 Å². The summed E-state index contributed by atoms with van der Waals surface area (Å²) in [7, 11) is 0. The molecule has 4 heterocycles. The number of nitrogens with zero attached hydrogens (tertiary/aromatic N) is 5. The minimum atomic E-state index is -4.66. The fraction of sp³-hybridized carbons (Fsp3) is 0.348. The molecule has 1 aliphatic rings. The van der Waals surface area contributed by atoms with E-state index in [4.69, 9.17) is 4.74 Å².